The molecule has 120 valence electrons. The number of hydrogen-bond donors (Lipinski definition) is 0. The third-order valence-electron chi connectivity index (χ3n) is 4.51. The number of likely N-dealkylation sites (N-methyl/N-ethyl adjacent to an activating group) is 1. The average molecular weight is 331 g/mol. The molecule has 6 nitrogen and oxygen atoms in total. The topological polar surface area (TPSA) is 49.6 Å². The molecule has 1 aromatic heterocycles. The Balaban J connectivity index is 1.81. The Morgan fingerprint density at radius 3 is 2.65 bits per heavy atom. The van der Waals surface area contributed by atoms with Crippen molar-refractivity contribution in [1.29, 1.82) is 0 Å². The van der Waals surface area contributed by atoms with Gasteiger partial charge in [0.2, 0.25) is 5.82 Å². The number of halogens is 1. The number of fused-ring (bicyclic) bond motifs is 3. The van der Waals surface area contributed by atoms with Crippen LogP contribution >= 0.6 is 11.6 Å². The van der Waals surface area contributed by atoms with Gasteiger partial charge in [0.25, 0.3) is 0 Å². The Hall–Kier alpha value is -1.92. The van der Waals surface area contributed by atoms with Crippen LogP contribution in [-0.4, -0.2) is 63.6 Å². The van der Waals surface area contributed by atoms with E-state index in [9.17, 15) is 0 Å². The zero-order valence-electron chi connectivity index (χ0n) is 13.3. The summed E-state index contributed by atoms with van der Waals surface area (Å²) in [6.07, 6.45) is 0. The number of hydrogen-bond acceptors (Lipinski definition) is 5. The molecular weight excluding hydrogens is 312 g/mol. The van der Waals surface area contributed by atoms with Gasteiger partial charge in [-0.1, -0.05) is 11.6 Å². The Kier molecular flexibility index (Phi) is 3.58. The third kappa shape index (κ3) is 2.52. The van der Waals surface area contributed by atoms with E-state index in [1.54, 1.807) is 0 Å². The van der Waals surface area contributed by atoms with Crippen LogP contribution in [-0.2, 0) is 6.54 Å². The predicted octanol–water partition coefficient (Wildman–Crippen LogP) is 1.74. The molecule has 0 radical (unpaired) electrons. The van der Waals surface area contributed by atoms with Gasteiger partial charge in [-0.15, -0.1) is 10.2 Å². The monoisotopic (exact) mass is 330 g/mol. The zero-order chi connectivity index (χ0) is 16.0. The number of piperazine rings is 1. The molecule has 2 aromatic rings. The van der Waals surface area contributed by atoms with E-state index in [0.717, 1.165) is 59.9 Å². The molecule has 0 N–H and O–H groups in total. The molecule has 2 aliphatic rings. The van der Waals surface area contributed by atoms with Gasteiger partial charge < -0.3 is 9.80 Å². The smallest absolute Gasteiger partial charge is 0.203 e. The molecule has 4 rings (SSSR count). The zero-order valence-corrected chi connectivity index (χ0v) is 14.1. The number of benzene rings is 1. The maximum absolute atomic E-state index is 6.17. The van der Waals surface area contributed by atoms with Gasteiger partial charge in [-0.25, -0.2) is 0 Å². The Morgan fingerprint density at radius 2 is 1.87 bits per heavy atom. The van der Waals surface area contributed by atoms with Crippen LogP contribution in [0.2, 0.25) is 5.02 Å². The van der Waals surface area contributed by atoms with Gasteiger partial charge in [0.15, 0.2) is 5.84 Å². The van der Waals surface area contributed by atoms with Crippen molar-refractivity contribution >= 4 is 17.4 Å². The highest BCUT2D eigenvalue weighted by Crippen LogP contribution is 2.26. The standard InChI is InChI=1S/C16H19ClN6/c1-11-19-20-16-15(22-7-5-21(2)6-8-22)18-10-12-9-13(17)3-4-14(12)23(11)16/h3-4,9H,5-8,10H2,1-2H3. The molecule has 0 unspecified atom stereocenters. The molecule has 0 spiro atoms. The van der Waals surface area contributed by atoms with Crippen molar-refractivity contribution in [2.45, 2.75) is 13.5 Å². The molecule has 0 saturated carbocycles. The van der Waals surface area contributed by atoms with Gasteiger partial charge in [0.1, 0.15) is 5.82 Å². The van der Waals surface area contributed by atoms with E-state index in [1.165, 1.54) is 0 Å². The van der Waals surface area contributed by atoms with Gasteiger partial charge in [-0.2, -0.15) is 0 Å². The second-order valence-corrected chi connectivity index (χ2v) is 6.55. The van der Waals surface area contributed by atoms with Crippen LogP contribution in [0.3, 0.4) is 0 Å². The first-order valence-corrected chi connectivity index (χ1v) is 8.20. The van der Waals surface area contributed by atoms with Gasteiger partial charge in [0, 0.05) is 31.2 Å². The lowest BCUT2D eigenvalue weighted by Crippen LogP contribution is -2.48. The van der Waals surface area contributed by atoms with Crippen LogP contribution < -0.4 is 0 Å². The summed E-state index contributed by atoms with van der Waals surface area (Å²) in [5.74, 6) is 2.63. The van der Waals surface area contributed by atoms with Crippen LogP contribution in [0.4, 0.5) is 0 Å². The number of nitrogens with zero attached hydrogens (tertiary/aromatic N) is 6. The molecule has 1 aromatic carbocycles. The lowest BCUT2D eigenvalue weighted by atomic mass is 10.1. The van der Waals surface area contributed by atoms with Crippen LogP contribution in [0, 0.1) is 6.92 Å². The van der Waals surface area contributed by atoms with Gasteiger partial charge in [-0.05, 0) is 37.7 Å². The maximum atomic E-state index is 6.17. The molecule has 23 heavy (non-hydrogen) atoms. The minimum absolute atomic E-state index is 0.611. The fourth-order valence-corrected chi connectivity index (χ4v) is 3.38. The summed E-state index contributed by atoms with van der Waals surface area (Å²) < 4.78 is 2.09. The average Bonchev–Trinajstić information content (AvgIpc) is 2.83. The largest absolute Gasteiger partial charge is 0.351 e. The first kappa shape index (κ1) is 14.7. The first-order chi connectivity index (χ1) is 11.1. The molecule has 0 bridgehead atoms. The third-order valence-corrected chi connectivity index (χ3v) is 4.74. The summed E-state index contributed by atoms with van der Waals surface area (Å²) in [6.45, 7) is 6.56. The molecule has 2 aliphatic heterocycles. The SMILES string of the molecule is Cc1nnc2n1-c1ccc(Cl)cc1CN=C2N1CCN(C)CC1. The van der Waals surface area contributed by atoms with Crippen molar-refractivity contribution in [2.24, 2.45) is 4.99 Å². The predicted molar refractivity (Wildman–Crippen MR) is 90.4 cm³/mol. The molecular formula is C16H19ClN6. The maximum Gasteiger partial charge on any atom is 0.203 e. The number of amidine groups is 1. The molecule has 7 heteroatoms. The van der Waals surface area contributed by atoms with E-state index in [1.807, 2.05) is 25.1 Å². The fraction of sp³-hybridized carbons (Fsp3) is 0.438. The van der Waals surface area contributed by atoms with Crippen molar-refractivity contribution in [3.8, 4) is 5.69 Å². The molecule has 1 saturated heterocycles. The molecule has 0 amide bonds. The lowest BCUT2D eigenvalue weighted by Gasteiger charge is -2.34. The normalized spacial score (nSPS) is 18.2. The second-order valence-electron chi connectivity index (χ2n) is 6.11. The van der Waals surface area contributed by atoms with Crippen molar-refractivity contribution in [3.05, 3.63) is 40.4 Å². The number of aryl methyl sites for hydroxylation is 1. The van der Waals surface area contributed by atoms with E-state index in [0.29, 0.717) is 6.54 Å². The minimum Gasteiger partial charge on any atom is -0.351 e. The second kappa shape index (κ2) is 5.62. The highest BCUT2D eigenvalue weighted by molar-refractivity contribution is 6.30. The summed E-state index contributed by atoms with van der Waals surface area (Å²) in [5, 5.41) is 9.42. The van der Waals surface area contributed by atoms with Crippen molar-refractivity contribution in [2.75, 3.05) is 33.2 Å². The summed E-state index contributed by atoms with van der Waals surface area (Å²) in [5.41, 5.74) is 2.17. The summed E-state index contributed by atoms with van der Waals surface area (Å²) in [4.78, 5) is 9.50. The lowest BCUT2D eigenvalue weighted by molar-refractivity contribution is 0.215. The highest BCUT2D eigenvalue weighted by Gasteiger charge is 2.27. The van der Waals surface area contributed by atoms with E-state index in [-0.39, 0.29) is 0 Å². The van der Waals surface area contributed by atoms with Crippen LogP contribution in [0.25, 0.3) is 5.69 Å². The van der Waals surface area contributed by atoms with E-state index in [4.69, 9.17) is 16.6 Å². The Morgan fingerprint density at radius 1 is 1.09 bits per heavy atom. The number of aromatic nitrogens is 3. The Bertz CT molecular complexity index is 773. The van der Waals surface area contributed by atoms with Crippen molar-refractivity contribution in [3.63, 3.8) is 0 Å². The minimum atomic E-state index is 0.611. The van der Waals surface area contributed by atoms with Gasteiger partial charge >= 0.3 is 0 Å². The van der Waals surface area contributed by atoms with Crippen molar-refractivity contribution < 1.29 is 0 Å². The number of rotatable bonds is 0. The quantitative estimate of drug-likeness (QED) is 0.738. The fourth-order valence-electron chi connectivity index (χ4n) is 3.18. The molecule has 0 aliphatic carbocycles. The van der Waals surface area contributed by atoms with Crippen LogP contribution in [0.5, 0.6) is 0 Å². The Labute approximate surface area is 140 Å². The summed E-state index contributed by atoms with van der Waals surface area (Å²) in [6, 6.07) is 5.92. The van der Waals surface area contributed by atoms with Crippen LogP contribution in [0.1, 0.15) is 17.2 Å². The van der Waals surface area contributed by atoms with E-state index >= 15 is 0 Å². The van der Waals surface area contributed by atoms with Crippen LogP contribution in [0.15, 0.2) is 23.2 Å². The highest BCUT2D eigenvalue weighted by atomic mass is 35.5. The first-order valence-electron chi connectivity index (χ1n) is 7.82. The molecule has 3 heterocycles. The summed E-state index contributed by atoms with van der Waals surface area (Å²) in [7, 11) is 2.15. The van der Waals surface area contributed by atoms with E-state index < -0.39 is 0 Å². The summed E-state index contributed by atoms with van der Waals surface area (Å²) >= 11 is 6.17. The van der Waals surface area contributed by atoms with Gasteiger partial charge in [0.05, 0.1) is 12.2 Å². The van der Waals surface area contributed by atoms with E-state index in [2.05, 4.69) is 31.6 Å². The molecule has 0 atom stereocenters. The van der Waals surface area contributed by atoms with Gasteiger partial charge in [-0.3, -0.25) is 9.56 Å². The van der Waals surface area contributed by atoms with Crippen molar-refractivity contribution in [1.82, 2.24) is 24.6 Å². The number of aliphatic imine (C=N–C) groups is 1. The molecule has 1 fully saturated rings.